The Labute approximate surface area is 86.0 Å². The molecule has 1 aromatic carbocycles. The van der Waals surface area contributed by atoms with Crippen molar-refractivity contribution in [2.24, 2.45) is 7.05 Å². The van der Waals surface area contributed by atoms with E-state index in [4.69, 9.17) is 5.11 Å². The number of benzene rings is 1. The highest BCUT2D eigenvalue weighted by Crippen LogP contribution is 2.26. The molecule has 0 spiro atoms. The van der Waals surface area contributed by atoms with Crippen LogP contribution in [0.3, 0.4) is 0 Å². The van der Waals surface area contributed by atoms with Crippen LogP contribution in [0.2, 0.25) is 0 Å². The monoisotopic (exact) mass is 205 g/mol. The van der Waals surface area contributed by atoms with Crippen molar-refractivity contribution >= 4 is 10.8 Å². The number of rotatable bonds is 1. The molecule has 0 radical (unpaired) electrons. The fraction of sp³-hybridized carbons (Fsp3) is 0.182. The van der Waals surface area contributed by atoms with E-state index in [0.29, 0.717) is 16.3 Å². The highest BCUT2D eigenvalue weighted by atomic mass is 16.3. The van der Waals surface area contributed by atoms with Crippen LogP contribution in [0.25, 0.3) is 10.8 Å². The number of pyridine rings is 1. The first-order valence-corrected chi connectivity index (χ1v) is 4.56. The minimum atomic E-state index is -0.239. The van der Waals surface area contributed by atoms with E-state index in [2.05, 4.69) is 0 Å². The lowest BCUT2D eigenvalue weighted by atomic mass is 10.1. The van der Waals surface area contributed by atoms with Crippen LogP contribution in [0.15, 0.2) is 29.2 Å². The lowest BCUT2D eigenvalue weighted by molar-refractivity contribution is 0.276. The van der Waals surface area contributed by atoms with Gasteiger partial charge in [-0.15, -0.1) is 0 Å². The van der Waals surface area contributed by atoms with Gasteiger partial charge < -0.3 is 14.8 Å². The maximum atomic E-state index is 11.7. The Kier molecular flexibility index (Phi) is 2.21. The van der Waals surface area contributed by atoms with Gasteiger partial charge >= 0.3 is 0 Å². The van der Waals surface area contributed by atoms with Crippen LogP contribution in [0.4, 0.5) is 0 Å². The molecule has 0 unspecified atom stereocenters. The third-order valence-electron chi connectivity index (χ3n) is 2.49. The van der Waals surface area contributed by atoms with E-state index in [1.165, 1.54) is 4.57 Å². The van der Waals surface area contributed by atoms with Crippen molar-refractivity contribution in [3.05, 3.63) is 40.3 Å². The SMILES string of the molecule is Cn1ccc2c(O)c(CO)ccc2c1=O. The lowest BCUT2D eigenvalue weighted by Gasteiger charge is -2.06. The van der Waals surface area contributed by atoms with E-state index in [1.807, 2.05) is 0 Å². The zero-order valence-corrected chi connectivity index (χ0v) is 8.27. The third-order valence-corrected chi connectivity index (χ3v) is 2.49. The smallest absolute Gasteiger partial charge is 0.258 e. The molecule has 0 aliphatic rings. The zero-order valence-electron chi connectivity index (χ0n) is 8.27. The summed E-state index contributed by atoms with van der Waals surface area (Å²) in [5.41, 5.74) is 0.267. The molecule has 1 heterocycles. The van der Waals surface area contributed by atoms with Crippen LogP contribution in [-0.4, -0.2) is 14.8 Å². The van der Waals surface area contributed by atoms with Crippen molar-refractivity contribution < 1.29 is 10.2 Å². The van der Waals surface area contributed by atoms with Gasteiger partial charge in [-0.2, -0.15) is 0 Å². The first kappa shape index (κ1) is 9.73. The summed E-state index contributed by atoms with van der Waals surface area (Å²) >= 11 is 0. The second kappa shape index (κ2) is 3.40. The molecule has 2 aromatic rings. The maximum Gasteiger partial charge on any atom is 0.258 e. The molecular weight excluding hydrogens is 194 g/mol. The number of aliphatic hydroxyl groups is 1. The van der Waals surface area contributed by atoms with Gasteiger partial charge in [0.15, 0.2) is 0 Å². The van der Waals surface area contributed by atoms with Gasteiger partial charge in [-0.05, 0) is 12.1 Å². The normalized spacial score (nSPS) is 10.8. The molecule has 1 aromatic heterocycles. The average molecular weight is 205 g/mol. The second-order valence-electron chi connectivity index (χ2n) is 3.42. The van der Waals surface area contributed by atoms with Crippen LogP contribution in [0.1, 0.15) is 5.56 Å². The Balaban J connectivity index is 2.91. The fourth-order valence-corrected chi connectivity index (χ4v) is 1.58. The topological polar surface area (TPSA) is 62.5 Å². The summed E-state index contributed by atoms with van der Waals surface area (Å²) in [6.07, 6.45) is 1.59. The predicted octanol–water partition coefficient (Wildman–Crippen LogP) is 0.736. The number of nitrogens with zero attached hydrogens (tertiary/aromatic N) is 1. The number of aliphatic hydroxyl groups excluding tert-OH is 1. The number of aromatic nitrogens is 1. The van der Waals surface area contributed by atoms with Gasteiger partial charge in [0.25, 0.3) is 5.56 Å². The van der Waals surface area contributed by atoms with Crippen LogP contribution < -0.4 is 5.56 Å². The van der Waals surface area contributed by atoms with Crippen molar-refractivity contribution in [2.75, 3.05) is 0 Å². The molecular formula is C11H11NO3. The van der Waals surface area contributed by atoms with Gasteiger partial charge in [0, 0.05) is 24.2 Å². The summed E-state index contributed by atoms with van der Waals surface area (Å²) in [6, 6.07) is 4.83. The fourth-order valence-electron chi connectivity index (χ4n) is 1.58. The molecule has 78 valence electrons. The Morgan fingerprint density at radius 3 is 2.67 bits per heavy atom. The van der Waals surface area contributed by atoms with Crippen molar-refractivity contribution in [2.45, 2.75) is 6.61 Å². The summed E-state index contributed by atoms with van der Waals surface area (Å²) in [7, 11) is 1.65. The molecule has 0 saturated heterocycles. The standard InChI is InChI=1S/C11H11NO3/c1-12-5-4-8-9(11(12)15)3-2-7(6-13)10(8)14/h2-5,13-14H,6H2,1H3. The quantitative estimate of drug-likeness (QED) is 0.721. The highest BCUT2D eigenvalue weighted by Gasteiger charge is 2.08. The van der Waals surface area contributed by atoms with E-state index >= 15 is 0 Å². The molecule has 0 aliphatic carbocycles. The minimum absolute atomic E-state index is 0.0206. The van der Waals surface area contributed by atoms with Crippen molar-refractivity contribution in [1.29, 1.82) is 0 Å². The van der Waals surface area contributed by atoms with E-state index in [-0.39, 0.29) is 17.9 Å². The Bertz CT molecular complexity index is 572. The molecule has 4 heteroatoms. The lowest BCUT2D eigenvalue weighted by Crippen LogP contribution is -2.15. The van der Waals surface area contributed by atoms with Gasteiger partial charge in [0.2, 0.25) is 0 Å². The van der Waals surface area contributed by atoms with Gasteiger partial charge in [-0.1, -0.05) is 6.07 Å². The van der Waals surface area contributed by atoms with E-state index < -0.39 is 0 Å². The summed E-state index contributed by atoms with van der Waals surface area (Å²) in [4.78, 5) is 11.7. The van der Waals surface area contributed by atoms with E-state index in [0.717, 1.165) is 0 Å². The number of hydrogen-bond donors (Lipinski definition) is 2. The summed E-state index contributed by atoms with van der Waals surface area (Å²) in [5, 5.41) is 19.6. The van der Waals surface area contributed by atoms with Crippen molar-refractivity contribution in [3.8, 4) is 5.75 Å². The van der Waals surface area contributed by atoms with E-state index in [9.17, 15) is 9.90 Å². The maximum absolute atomic E-state index is 11.7. The van der Waals surface area contributed by atoms with Crippen LogP contribution in [0.5, 0.6) is 5.75 Å². The van der Waals surface area contributed by atoms with Gasteiger partial charge in [0.05, 0.1) is 12.0 Å². The number of hydrogen-bond acceptors (Lipinski definition) is 3. The van der Waals surface area contributed by atoms with Gasteiger partial charge in [0.1, 0.15) is 5.75 Å². The highest BCUT2D eigenvalue weighted by molar-refractivity contribution is 5.88. The average Bonchev–Trinajstić information content (AvgIpc) is 2.24. The largest absolute Gasteiger partial charge is 0.507 e. The third kappa shape index (κ3) is 1.39. The molecule has 0 amide bonds. The summed E-state index contributed by atoms with van der Waals surface area (Å²) in [5.74, 6) is -0.0206. The van der Waals surface area contributed by atoms with Crippen molar-refractivity contribution in [3.63, 3.8) is 0 Å². The Morgan fingerprint density at radius 1 is 1.27 bits per heavy atom. The van der Waals surface area contributed by atoms with E-state index in [1.54, 1.807) is 31.4 Å². The number of phenols is 1. The number of aryl methyl sites for hydroxylation is 1. The summed E-state index contributed by atoms with van der Waals surface area (Å²) < 4.78 is 1.44. The molecule has 2 rings (SSSR count). The molecule has 0 aliphatic heterocycles. The molecule has 0 bridgehead atoms. The minimum Gasteiger partial charge on any atom is -0.507 e. The van der Waals surface area contributed by atoms with Crippen LogP contribution in [0, 0.1) is 0 Å². The Hall–Kier alpha value is -1.81. The van der Waals surface area contributed by atoms with Crippen LogP contribution >= 0.6 is 0 Å². The first-order chi connectivity index (χ1) is 7.15. The Morgan fingerprint density at radius 2 is 2.00 bits per heavy atom. The number of aromatic hydroxyl groups is 1. The molecule has 2 N–H and O–H groups in total. The van der Waals surface area contributed by atoms with Crippen molar-refractivity contribution in [1.82, 2.24) is 4.57 Å². The molecule has 0 saturated carbocycles. The molecule has 0 atom stereocenters. The molecule has 4 nitrogen and oxygen atoms in total. The van der Waals surface area contributed by atoms with Crippen LogP contribution in [-0.2, 0) is 13.7 Å². The zero-order chi connectivity index (χ0) is 11.0. The second-order valence-corrected chi connectivity index (χ2v) is 3.42. The van der Waals surface area contributed by atoms with Gasteiger partial charge in [-0.25, -0.2) is 0 Å². The first-order valence-electron chi connectivity index (χ1n) is 4.56. The van der Waals surface area contributed by atoms with Gasteiger partial charge in [-0.3, -0.25) is 4.79 Å². The summed E-state index contributed by atoms with van der Waals surface area (Å²) in [6.45, 7) is -0.239. The predicted molar refractivity (Wildman–Crippen MR) is 56.8 cm³/mol. The molecule has 0 fully saturated rings. The number of fused-ring (bicyclic) bond motifs is 1. The molecule has 15 heavy (non-hydrogen) atoms.